The lowest BCUT2D eigenvalue weighted by molar-refractivity contribution is -0.428. The maximum Gasteiger partial charge on any atom is 0.453 e. The van der Waals surface area contributed by atoms with Crippen molar-refractivity contribution in [3.8, 4) is 28.4 Å². The molecule has 0 bridgehead atoms. The molecule has 6 N–H and O–H groups in total. The zero-order chi connectivity index (χ0) is 26.3. The molecular formula is C23H24O13. The first-order valence-corrected chi connectivity index (χ1v) is 10.8. The van der Waals surface area contributed by atoms with Crippen LogP contribution >= 0.6 is 0 Å². The molecule has 1 fully saturated rings. The van der Waals surface area contributed by atoms with Crippen LogP contribution in [-0.2, 0) is 20.9 Å². The molecule has 0 atom stereocenters. The molecule has 4 rings (SSSR count). The SMILES string of the molecule is CCOC(=O)C1(COc2c(-c3ccc4c(c3)COC4=O)ccc(OC(O)(O)O)c2OC(O)(O)O)CC1. The van der Waals surface area contributed by atoms with E-state index in [0.29, 0.717) is 29.5 Å². The number of hydrogen-bond acceptors (Lipinski definition) is 13. The van der Waals surface area contributed by atoms with Crippen molar-refractivity contribution in [3.63, 3.8) is 0 Å². The summed E-state index contributed by atoms with van der Waals surface area (Å²) in [5.74, 6) is -2.76. The number of aliphatic hydroxyl groups is 6. The molecule has 1 saturated carbocycles. The number of benzene rings is 2. The van der Waals surface area contributed by atoms with E-state index in [-0.39, 0.29) is 31.1 Å². The average Bonchev–Trinajstić information content (AvgIpc) is 3.48. The van der Waals surface area contributed by atoms with Crippen LogP contribution in [0.3, 0.4) is 0 Å². The first-order valence-electron chi connectivity index (χ1n) is 10.8. The van der Waals surface area contributed by atoms with Crippen molar-refractivity contribution < 1.29 is 63.9 Å². The van der Waals surface area contributed by atoms with Crippen molar-refractivity contribution in [3.05, 3.63) is 41.5 Å². The number of carbonyl (C=O) groups is 2. The highest BCUT2D eigenvalue weighted by atomic mass is 16.9. The van der Waals surface area contributed by atoms with E-state index in [1.165, 1.54) is 18.2 Å². The minimum atomic E-state index is -3.78. The van der Waals surface area contributed by atoms with Gasteiger partial charge in [-0.1, -0.05) is 6.07 Å². The Hall–Kier alpha value is -3.46. The highest BCUT2D eigenvalue weighted by Crippen LogP contribution is 2.51. The topological polar surface area (TPSA) is 202 Å². The summed E-state index contributed by atoms with van der Waals surface area (Å²) >= 11 is 0. The highest BCUT2D eigenvalue weighted by molar-refractivity contribution is 5.94. The number of hydrogen-bond donors (Lipinski definition) is 6. The van der Waals surface area contributed by atoms with Crippen LogP contribution in [-0.4, -0.2) is 68.1 Å². The molecule has 2 aromatic rings. The van der Waals surface area contributed by atoms with Crippen molar-refractivity contribution in [2.75, 3.05) is 13.2 Å². The first kappa shape index (κ1) is 25.6. The number of carbonyl (C=O) groups excluding carboxylic acids is 2. The van der Waals surface area contributed by atoms with E-state index in [1.807, 2.05) is 0 Å². The van der Waals surface area contributed by atoms with Crippen LogP contribution in [0.1, 0.15) is 35.7 Å². The predicted molar refractivity (Wildman–Crippen MR) is 115 cm³/mol. The fourth-order valence-electron chi connectivity index (χ4n) is 3.73. The fourth-order valence-corrected chi connectivity index (χ4v) is 3.73. The molecular weight excluding hydrogens is 484 g/mol. The molecule has 0 radical (unpaired) electrons. The lowest BCUT2D eigenvalue weighted by Gasteiger charge is -2.25. The number of esters is 2. The van der Waals surface area contributed by atoms with Crippen LogP contribution in [0, 0.1) is 5.41 Å². The number of cyclic esters (lactones) is 1. The minimum absolute atomic E-state index is 0.0177. The maximum absolute atomic E-state index is 12.4. The number of ether oxygens (including phenoxy) is 5. The van der Waals surface area contributed by atoms with Gasteiger partial charge >= 0.3 is 24.3 Å². The minimum Gasteiger partial charge on any atom is -0.488 e. The second-order valence-electron chi connectivity index (χ2n) is 8.36. The van der Waals surface area contributed by atoms with Crippen LogP contribution in [0.4, 0.5) is 0 Å². The van der Waals surface area contributed by atoms with Gasteiger partial charge in [-0.05, 0) is 49.6 Å². The van der Waals surface area contributed by atoms with Gasteiger partial charge in [-0.2, -0.15) is 0 Å². The van der Waals surface area contributed by atoms with Crippen LogP contribution in [0.2, 0.25) is 0 Å². The Labute approximate surface area is 203 Å². The van der Waals surface area contributed by atoms with Crippen molar-refractivity contribution in [1.29, 1.82) is 0 Å². The zero-order valence-electron chi connectivity index (χ0n) is 19.0. The van der Waals surface area contributed by atoms with Crippen molar-refractivity contribution in [1.82, 2.24) is 0 Å². The van der Waals surface area contributed by atoms with Crippen LogP contribution in [0.15, 0.2) is 30.3 Å². The van der Waals surface area contributed by atoms with Gasteiger partial charge in [-0.15, -0.1) is 0 Å². The zero-order valence-corrected chi connectivity index (χ0v) is 19.0. The summed E-state index contributed by atoms with van der Waals surface area (Å²) < 4.78 is 25.3. The molecule has 36 heavy (non-hydrogen) atoms. The van der Waals surface area contributed by atoms with Gasteiger partial charge in [0.05, 0.1) is 12.2 Å². The fraction of sp³-hybridized carbons (Fsp3) is 0.391. The van der Waals surface area contributed by atoms with Gasteiger partial charge < -0.3 is 54.3 Å². The van der Waals surface area contributed by atoms with Crippen LogP contribution in [0.5, 0.6) is 17.2 Å². The first-order chi connectivity index (χ1) is 16.8. The summed E-state index contributed by atoms with van der Waals surface area (Å²) in [6, 6.07) is 7.05. The van der Waals surface area contributed by atoms with E-state index >= 15 is 0 Å². The molecule has 2 aromatic carbocycles. The lowest BCUT2D eigenvalue weighted by atomic mass is 9.99. The molecule has 0 spiro atoms. The van der Waals surface area contributed by atoms with Gasteiger partial charge in [-0.3, -0.25) is 4.79 Å². The van der Waals surface area contributed by atoms with Crippen LogP contribution < -0.4 is 14.2 Å². The van der Waals surface area contributed by atoms with Gasteiger partial charge in [0.15, 0.2) is 11.5 Å². The van der Waals surface area contributed by atoms with E-state index in [9.17, 15) is 40.2 Å². The summed E-state index contributed by atoms with van der Waals surface area (Å²) in [7, 11) is 0. The summed E-state index contributed by atoms with van der Waals surface area (Å²) in [5, 5.41) is 56.4. The Morgan fingerprint density at radius 2 is 1.64 bits per heavy atom. The molecule has 2 aliphatic rings. The second-order valence-corrected chi connectivity index (χ2v) is 8.36. The average molecular weight is 508 g/mol. The van der Waals surface area contributed by atoms with E-state index in [4.69, 9.17) is 18.9 Å². The Morgan fingerprint density at radius 3 is 2.25 bits per heavy atom. The van der Waals surface area contributed by atoms with Gasteiger partial charge in [0.25, 0.3) is 0 Å². The van der Waals surface area contributed by atoms with Crippen molar-refractivity contribution >= 4 is 11.9 Å². The molecule has 0 unspecified atom stereocenters. The Morgan fingerprint density at radius 1 is 0.972 bits per heavy atom. The molecule has 1 aliphatic carbocycles. The van der Waals surface area contributed by atoms with E-state index in [2.05, 4.69) is 4.74 Å². The Balaban J connectivity index is 1.82. The van der Waals surface area contributed by atoms with Gasteiger partial charge in [0.2, 0.25) is 5.75 Å². The summed E-state index contributed by atoms with van der Waals surface area (Å²) in [5.41, 5.74) is 0.535. The smallest absolute Gasteiger partial charge is 0.453 e. The van der Waals surface area contributed by atoms with Gasteiger partial charge in [-0.25, -0.2) is 4.79 Å². The quantitative estimate of drug-likeness (QED) is 0.180. The third-order valence-electron chi connectivity index (χ3n) is 5.61. The van der Waals surface area contributed by atoms with Gasteiger partial charge in [0.1, 0.15) is 18.6 Å². The number of rotatable bonds is 10. The molecule has 13 heteroatoms. The molecule has 0 saturated heterocycles. The summed E-state index contributed by atoms with van der Waals surface area (Å²) in [6.45, 7) is 1.55. The lowest BCUT2D eigenvalue weighted by Crippen LogP contribution is -2.37. The van der Waals surface area contributed by atoms with Crippen molar-refractivity contribution in [2.24, 2.45) is 5.41 Å². The number of fused-ring (bicyclic) bond motifs is 1. The normalized spacial score (nSPS) is 16.1. The molecule has 13 nitrogen and oxygen atoms in total. The standard InChI is InChI=1S/C23H24O13/c1-2-32-20(25)21(7-8-21)11-34-17-14(12-3-4-15-13(9-12)10-33-19(15)24)5-6-16(35-22(26,27)28)18(17)36-23(29,30)31/h3-6,9,26-31H,2,7-8,10-11H2,1H3. The molecule has 0 aromatic heterocycles. The monoisotopic (exact) mass is 508 g/mol. The molecule has 1 aliphatic heterocycles. The summed E-state index contributed by atoms with van der Waals surface area (Å²) in [6.07, 6.45) is -6.60. The van der Waals surface area contributed by atoms with E-state index in [0.717, 1.165) is 6.07 Å². The van der Waals surface area contributed by atoms with Gasteiger partial charge in [0, 0.05) is 11.1 Å². The largest absolute Gasteiger partial charge is 0.488 e. The Kier molecular flexibility index (Phi) is 6.55. The highest BCUT2D eigenvalue weighted by Gasteiger charge is 2.52. The molecule has 194 valence electrons. The Bertz CT molecular complexity index is 1170. The second kappa shape index (κ2) is 9.20. The maximum atomic E-state index is 12.4. The third-order valence-corrected chi connectivity index (χ3v) is 5.61. The third kappa shape index (κ3) is 5.51. The van der Waals surface area contributed by atoms with E-state index < -0.39 is 41.2 Å². The van der Waals surface area contributed by atoms with Crippen molar-refractivity contribution in [2.45, 2.75) is 38.7 Å². The van der Waals surface area contributed by atoms with E-state index in [1.54, 1.807) is 13.0 Å². The predicted octanol–water partition coefficient (Wildman–Crippen LogP) is -0.320. The van der Waals surface area contributed by atoms with Crippen LogP contribution in [0.25, 0.3) is 11.1 Å². The summed E-state index contributed by atoms with van der Waals surface area (Å²) in [4.78, 5) is 24.2. The molecule has 0 amide bonds. The molecule has 1 heterocycles.